The lowest BCUT2D eigenvalue weighted by molar-refractivity contribution is -0.142. The van der Waals surface area contributed by atoms with Crippen LogP contribution in [0.5, 0.6) is 11.5 Å². The van der Waals surface area contributed by atoms with Gasteiger partial charge in [0.05, 0.1) is 31.1 Å². The lowest BCUT2D eigenvalue weighted by Gasteiger charge is -2.34. The maximum atomic E-state index is 14.7. The topological polar surface area (TPSA) is 850 Å². The van der Waals surface area contributed by atoms with Gasteiger partial charge in [-0.3, -0.25) is 86.9 Å². The highest BCUT2D eigenvalue weighted by Crippen LogP contribution is 2.25. The van der Waals surface area contributed by atoms with E-state index in [9.17, 15) is 112 Å². The van der Waals surface area contributed by atoms with E-state index in [1.807, 2.05) is 0 Å². The van der Waals surface area contributed by atoms with Crippen molar-refractivity contribution in [3.05, 3.63) is 59.7 Å². The third-order valence-electron chi connectivity index (χ3n) is 21.4. The molecule has 0 aromatic heterocycles. The van der Waals surface area contributed by atoms with Crippen LogP contribution in [0.2, 0.25) is 0 Å². The van der Waals surface area contributed by atoms with E-state index in [1.54, 1.807) is 27.7 Å². The van der Waals surface area contributed by atoms with E-state index in [4.69, 9.17) is 57.0 Å². The van der Waals surface area contributed by atoms with Crippen molar-refractivity contribution in [3.63, 3.8) is 0 Å². The van der Waals surface area contributed by atoms with Gasteiger partial charge in [0.2, 0.25) is 100 Å². The molecule has 0 unspecified atom stereocenters. The van der Waals surface area contributed by atoms with E-state index >= 15 is 0 Å². The number of carboxylic acid groups (broad SMARTS) is 1. The molecule has 1 aliphatic heterocycles. The number of nitrogens with zero attached hydrogens (tertiary/aromatic N) is 1. The molecule has 0 bridgehead atoms. The Morgan fingerprint density at radius 3 is 1.19 bits per heavy atom. The van der Waals surface area contributed by atoms with E-state index in [-0.39, 0.29) is 126 Å². The lowest BCUT2D eigenvalue weighted by atomic mass is 9.95. The first kappa shape index (κ1) is 115. The number of β-amino-alcohol motifs (C(OH)–C–C–N with tert-alkyl or cyclic N) is 1. The number of benzene rings is 2. The number of hydrogen-bond acceptors (Lipinski definition) is 31. The number of rotatable bonds is 60. The molecule has 1 heterocycles. The van der Waals surface area contributed by atoms with Gasteiger partial charge in [0.1, 0.15) is 102 Å². The van der Waals surface area contributed by atoms with Gasteiger partial charge in [-0.15, -0.1) is 0 Å². The molecule has 1 fully saturated rings. The highest BCUT2D eigenvalue weighted by Gasteiger charge is 2.46. The fourth-order valence-corrected chi connectivity index (χ4v) is 14.1. The number of amides is 17. The molecule has 0 saturated carbocycles. The van der Waals surface area contributed by atoms with Crippen molar-refractivity contribution < 1.29 is 112 Å². The number of aliphatic carboxylic acids is 1. The SMILES string of the molecule is CC[C@H](C)[C@H](NC(=O)[C@@H]1C[C@@H](O)CN1C(=O)[C@@H](N)C(C)C)C(=O)N[C@H](C(=O)N[C@@H](Cc1ccc(O)cc1)C(=O)N[C@H](C(=O)N[C@@H](CC(N)=O)C(=O)N[C@@H](CCCNC(=N)N)C(=O)N[C@@H](CCN)C(=O)N[C@@H](CC(N)=O)C(=O)N[C@H](CCN)C(=O)N[C@@H](CCCCN)C(=O)N[C@@H](CCN)C(=O)N[C@@H](CCN)C(=O)N[C@@H](CS)C(=O)N[C@@H](Cc1ccc(O)cc1)C(=O)O)[C@@H](C)O)C(C)(C)S. The first-order valence-corrected chi connectivity index (χ1v) is 44.5. The van der Waals surface area contributed by atoms with Crippen molar-refractivity contribution in [1.82, 2.24) is 84.7 Å². The Labute approximate surface area is 780 Å². The number of carbonyl (C=O) groups is 18. The van der Waals surface area contributed by atoms with E-state index in [0.29, 0.717) is 12.0 Å². The maximum absolute atomic E-state index is 14.7. The van der Waals surface area contributed by atoms with Crippen molar-refractivity contribution in [2.75, 3.05) is 51.6 Å². The Morgan fingerprint density at radius 2 is 0.820 bits per heavy atom. The minimum Gasteiger partial charge on any atom is -0.508 e. The highest BCUT2D eigenvalue weighted by molar-refractivity contribution is 7.81. The van der Waals surface area contributed by atoms with Gasteiger partial charge in [-0.1, -0.05) is 58.4 Å². The average Bonchev–Trinajstić information content (AvgIpc) is 1.67. The van der Waals surface area contributed by atoms with Gasteiger partial charge >= 0.3 is 5.97 Å². The van der Waals surface area contributed by atoms with Crippen molar-refractivity contribution in [2.24, 2.45) is 63.4 Å². The number of nitrogens with one attached hydrogen (secondary N) is 16. The standard InChI is InChI=1S/C82H136N26O23S2/c1-8-40(4)62(105-75(125)58-34-46(112)37-108(58)79(129)61(90)39(2)3)76(126)107-64(82(6,7)133)78(128)102-53(32-42-14-18-44(110)19-15-42)73(123)106-63(41(5)109)77(127)101-55(36-60(89)114)72(122)95-48(13-11-31-93-81(91)92)66(116)97-51(24-29-86)69(119)100-54(35-59(88)113)71(121)99-50(23-28-85)67(117)94-47(12-9-10-26-83)65(115)96-49(22-27-84)68(118)98-52(25-30-87)70(120)104-57(38-132)74(124)103-56(80(130)131)33-43-16-20-45(111)21-17-43/h14-21,39-41,46-58,61-64,109-112,132-133H,8-13,22-38,83-87,90H2,1-7H3,(H2,88,113)(H2,89,114)(H,94,117)(H,95,122)(H,96,115)(H,97,116)(H,98,118)(H,99,121)(H,100,119)(H,101,127)(H,102,128)(H,103,124)(H,104,120)(H,105,125)(H,106,123)(H,107,126)(H,130,131)(H4,91,92,93)/t40-,41+,46+,47-,48-,49-,50+,51-,52-,53-,54-,55-,56-,57-,58-,61-,62-,63-,64+/m0/s1. The third-order valence-corrected chi connectivity index (χ3v) is 22.0. The van der Waals surface area contributed by atoms with Crippen LogP contribution in [0.1, 0.15) is 143 Å². The van der Waals surface area contributed by atoms with Crippen LogP contribution in [-0.4, -0.2) is 308 Å². The molecule has 17 amide bonds. The molecule has 39 N–H and O–H groups in total. The molecule has 51 heteroatoms. The molecule has 0 aliphatic carbocycles. The number of phenols is 2. The van der Waals surface area contributed by atoms with Crippen LogP contribution in [0.15, 0.2) is 48.5 Å². The largest absolute Gasteiger partial charge is 0.508 e. The molecule has 133 heavy (non-hydrogen) atoms. The van der Waals surface area contributed by atoms with Gasteiger partial charge in [-0.2, -0.15) is 25.3 Å². The van der Waals surface area contributed by atoms with Crippen LogP contribution in [-0.2, 0) is 99.1 Å². The van der Waals surface area contributed by atoms with E-state index in [2.05, 4.69) is 105 Å². The van der Waals surface area contributed by atoms with E-state index in [0.717, 1.165) is 11.8 Å². The van der Waals surface area contributed by atoms with Crippen molar-refractivity contribution in [1.29, 1.82) is 5.41 Å². The first-order chi connectivity index (χ1) is 62.5. The molecule has 744 valence electrons. The number of aliphatic hydroxyl groups is 2. The van der Waals surface area contributed by atoms with Crippen LogP contribution in [0, 0.1) is 17.2 Å². The summed E-state index contributed by atoms with van der Waals surface area (Å²) >= 11 is 8.79. The molecular formula is C82H136N26O23S2. The molecule has 1 saturated heterocycles. The fourth-order valence-electron chi connectivity index (χ4n) is 13.6. The molecule has 3 rings (SSSR count). The zero-order valence-electron chi connectivity index (χ0n) is 75.6. The van der Waals surface area contributed by atoms with Gasteiger partial charge in [-0.25, -0.2) is 4.79 Å². The van der Waals surface area contributed by atoms with E-state index < -0.39 is 271 Å². The fraction of sp³-hybridized carbons (Fsp3) is 0.622. The number of unbranched alkanes of at least 4 members (excludes halogenated alkanes) is 1. The third kappa shape index (κ3) is 39.5. The number of carbonyl (C=O) groups excluding carboxylic acids is 17. The van der Waals surface area contributed by atoms with Gasteiger partial charge < -0.3 is 162 Å². The Morgan fingerprint density at radius 1 is 0.466 bits per heavy atom. The maximum Gasteiger partial charge on any atom is 0.326 e. The zero-order valence-corrected chi connectivity index (χ0v) is 77.3. The van der Waals surface area contributed by atoms with Gasteiger partial charge in [0.25, 0.3) is 0 Å². The van der Waals surface area contributed by atoms with Gasteiger partial charge in [-0.05, 0) is 159 Å². The number of guanidine groups is 1. The Balaban J connectivity index is 1.94. The first-order valence-electron chi connectivity index (χ1n) is 43.4. The van der Waals surface area contributed by atoms with Crippen LogP contribution in [0.3, 0.4) is 0 Å². The Bertz CT molecular complexity index is 4290. The summed E-state index contributed by atoms with van der Waals surface area (Å²) in [6.45, 7) is 9.25. The molecule has 0 radical (unpaired) electrons. The van der Waals surface area contributed by atoms with Crippen LogP contribution >= 0.6 is 25.3 Å². The highest BCUT2D eigenvalue weighted by atomic mass is 32.1. The molecule has 2 aromatic rings. The predicted octanol–water partition coefficient (Wildman–Crippen LogP) is -10.7. The second-order valence-electron chi connectivity index (χ2n) is 33.2. The summed E-state index contributed by atoms with van der Waals surface area (Å²) in [7, 11) is 0. The number of carboxylic acids is 1. The number of hydrogen-bond donors (Lipinski definition) is 32. The zero-order chi connectivity index (χ0) is 100. The summed E-state index contributed by atoms with van der Waals surface area (Å²) < 4.78 is -1.50. The summed E-state index contributed by atoms with van der Waals surface area (Å²) in [5, 5.41) is 95.9. The summed E-state index contributed by atoms with van der Waals surface area (Å²) in [6, 6.07) is -15.2. The normalized spacial score (nSPS) is 16.9. The Hall–Kier alpha value is -11.8. The number of thiol groups is 2. The predicted molar refractivity (Wildman–Crippen MR) is 490 cm³/mol. The number of phenolic OH excluding ortho intramolecular Hbond substituents is 2. The molecule has 19 atom stereocenters. The minimum atomic E-state index is -2.08. The monoisotopic (exact) mass is 1920 g/mol. The number of primary amides is 2. The summed E-state index contributed by atoms with van der Waals surface area (Å²) in [5.74, 6) is -22.0. The lowest BCUT2D eigenvalue weighted by Crippen LogP contribution is -2.64. The average molecular weight is 1920 g/mol. The van der Waals surface area contributed by atoms with Gasteiger partial charge in [0.15, 0.2) is 5.96 Å². The quantitative estimate of drug-likeness (QED) is 0.0127. The van der Waals surface area contributed by atoms with Crippen LogP contribution in [0.4, 0.5) is 0 Å². The number of nitrogens with two attached hydrogens (primary N) is 9. The summed E-state index contributed by atoms with van der Waals surface area (Å²) in [4.78, 5) is 253. The van der Waals surface area contributed by atoms with Crippen LogP contribution < -0.4 is 131 Å². The van der Waals surface area contributed by atoms with E-state index in [1.165, 1.54) is 62.4 Å². The second-order valence-corrected chi connectivity index (χ2v) is 34.7. The van der Waals surface area contributed by atoms with Crippen molar-refractivity contribution in [3.8, 4) is 11.5 Å². The number of aromatic hydroxyl groups is 2. The second kappa shape index (κ2) is 57.6. The smallest absolute Gasteiger partial charge is 0.326 e. The number of likely N-dealkylation sites (tertiary alicyclic amines) is 1. The molecule has 0 spiro atoms. The van der Waals surface area contributed by atoms with Crippen molar-refractivity contribution >= 4 is 138 Å². The molecular weight excluding hydrogens is 1780 g/mol. The minimum absolute atomic E-state index is 0.0877. The van der Waals surface area contributed by atoms with Crippen LogP contribution in [0.25, 0.3) is 0 Å². The molecule has 1 aliphatic rings. The Kier molecular flexibility index (Phi) is 49.9. The summed E-state index contributed by atoms with van der Waals surface area (Å²) in [5.41, 5.74) is 52.9. The molecule has 2 aromatic carbocycles. The number of aliphatic hydroxyl groups excluding tert-OH is 2. The van der Waals surface area contributed by atoms with Crippen molar-refractivity contribution in [2.45, 2.75) is 258 Å². The molecule has 49 nitrogen and oxygen atoms in total. The van der Waals surface area contributed by atoms with Gasteiger partial charge in [0, 0.05) is 42.9 Å². The summed E-state index contributed by atoms with van der Waals surface area (Å²) in [6.07, 6.45) is -7.12.